The topological polar surface area (TPSA) is 49.8 Å². The van der Waals surface area contributed by atoms with E-state index in [0.717, 1.165) is 0 Å². The highest BCUT2D eigenvalue weighted by Crippen LogP contribution is 2.25. The molecule has 6 heteroatoms. The Labute approximate surface area is 121 Å². The van der Waals surface area contributed by atoms with Crippen LogP contribution in [-0.4, -0.2) is 41.7 Å². The van der Waals surface area contributed by atoms with Crippen LogP contribution >= 0.6 is 23.2 Å². The van der Waals surface area contributed by atoms with Crippen LogP contribution in [0.1, 0.15) is 18.6 Å². The van der Waals surface area contributed by atoms with Gasteiger partial charge in [0.1, 0.15) is 0 Å². The Morgan fingerprint density at radius 2 is 2.05 bits per heavy atom. The van der Waals surface area contributed by atoms with E-state index >= 15 is 0 Å². The summed E-state index contributed by atoms with van der Waals surface area (Å²) in [5.41, 5.74) is 0.404. The summed E-state index contributed by atoms with van der Waals surface area (Å²) in [4.78, 5) is 13.8. The lowest BCUT2D eigenvalue weighted by molar-refractivity contribution is -0.147. The molecule has 2 atom stereocenters. The minimum atomic E-state index is -1.25. The van der Waals surface area contributed by atoms with Gasteiger partial charge in [-0.1, -0.05) is 23.2 Å². The Bertz CT molecular complexity index is 461. The lowest BCUT2D eigenvalue weighted by Gasteiger charge is -2.32. The van der Waals surface area contributed by atoms with E-state index in [4.69, 9.17) is 27.9 Å². The van der Waals surface area contributed by atoms with Gasteiger partial charge in [-0.25, -0.2) is 0 Å². The molecule has 0 saturated carbocycles. The molecular weight excluding hydrogens is 289 g/mol. The van der Waals surface area contributed by atoms with E-state index in [1.807, 2.05) is 6.92 Å². The number of morpholine rings is 1. The molecule has 1 aromatic carbocycles. The quantitative estimate of drug-likeness (QED) is 0.912. The Hall–Kier alpha value is -0.810. The number of hydrogen-bond acceptors (Lipinski definition) is 3. The molecule has 2 unspecified atom stereocenters. The van der Waals surface area contributed by atoms with E-state index in [1.165, 1.54) is 0 Å². The average molecular weight is 304 g/mol. The molecule has 4 nitrogen and oxygen atoms in total. The van der Waals surface area contributed by atoms with Crippen LogP contribution in [0, 0.1) is 0 Å². The molecule has 0 spiro atoms. The second-order valence-electron chi connectivity index (χ2n) is 4.57. The lowest BCUT2D eigenvalue weighted by Crippen LogP contribution is -2.46. The van der Waals surface area contributed by atoms with Crippen LogP contribution in [0.25, 0.3) is 0 Å². The maximum atomic E-state index is 12.2. The first-order chi connectivity index (χ1) is 8.97. The van der Waals surface area contributed by atoms with Gasteiger partial charge in [0.05, 0.1) is 12.7 Å². The van der Waals surface area contributed by atoms with Crippen LogP contribution in [0.3, 0.4) is 0 Å². The minimum Gasteiger partial charge on any atom is -0.378 e. The molecule has 1 aliphatic rings. The van der Waals surface area contributed by atoms with E-state index in [-0.39, 0.29) is 12.0 Å². The number of hydrogen-bond donors (Lipinski definition) is 1. The third-order valence-electron chi connectivity index (χ3n) is 2.99. The average Bonchev–Trinajstić information content (AvgIpc) is 2.36. The minimum absolute atomic E-state index is 0.0205. The predicted octanol–water partition coefficient (Wildman–Crippen LogP) is 2.27. The van der Waals surface area contributed by atoms with Crippen molar-refractivity contribution in [3.05, 3.63) is 33.8 Å². The van der Waals surface area contributed by atoms with E-state index in [9.17, 15) is 9.90 Å². The maximum absolute atomic E-state index is 12.2. The first-order valence-electron chi connectivity index (χ1n) is 6.02. The molecule has 0 bridgehead atoms. The molecule has 0 aromatic heterocycles. The van der Waals surface area contributed by atoms with Crippen molar-refractivity contribution in [2.45, 2.75) is 19.1 Å². The number of aliphatic hydroxyl groups excluding tert-OH is 1. The first kappa shape index (κ1) is 14.6. The second-order valence-corrected chi connectivity index (χ2v) is 5.44. The number of ether oxygens (including phenoxy) is 1. The molecular formula is C13H15Cl2NO3. The molecule has 1 heterocycles. The summed E-state index contributed by atoms with van der Waals surface area (Å²) in [6.07, 6.45) is -1.27. The number of carbonyl (C=O) groups excluding carboxylic acids is 1. The van der Waals surface area contributed by atoms with Crippen LogP contribution < -0.4 is 0 Å². The van der Waals surface area contributed by atoms with Gasteiger partial charge in [0.25, 0.3) is 5.91 Å². The van der Waals surface area contributed by atoms with Crippen molar-refractivity contribution in [3.63, 3.8) is 0 Å². The Kier molecular flexibility index (Phi) is 4.68. The summed E-state index contributed by atoms with van der Waals surface area (Å²) < 4.78 is 5.36. The number of halogens is 2. The third-order valence-corrected chi connectivity index (χ3v) is 3.42. The Balaban J connectivity index is 2.13. The van der Waals surface area contributed by atoms with Crippen LogP contribution in [-0.2, 0) is 9.53 Å². The summed E-state index contributed by atoms with van der Waals surface area (Å²) in [7, 11) is 0. The molecule has 1 aromatic rings. The third kappa shape index (κ3) is 3.60. The zero-order chi connectivity index (χ0) is 14.0. The van der Waals surface area contributed by atoms with Gasteiger partial charge in [0.2, 0.25) is 0 Å². The fourth-order valence-corrected chi connectivity index (χ4v) is 2.61. The summed E-state index contributed by atoms with van der Waals surface area (Å²) in [5, 5.41) is 10.9. The van der Waals surface area contributed by atoms with Gasteiger partial charge in [-0.15, -0.1) is 0 Å². The van der Waals surface area contributed by atoms with Gasteiger partial charge in [0, 0.05) is 23.1 Å². The zero-order valence-electron chi connectivity index (χ0n) is 10.5. The standard InChI is InChI=1S/C13H15Cl2NO3/c1-8-7-16(2-3-19-8)13(18)12(17)9-4-10(14)6-11(15)5-9/h4-6,8,12,17H,2-3,7H2,1H3. The highest BCUT2D eigenvalue weighted by molar-refractivity contribution is 6.34. The number of aliphatic hydroxyl groups is 1. The molecule has 2 rings (SSSR count). The number of rotatable bonds is 2. The molecule has 0 aliphatic carbocycles. The van der Waals surface area contributed by atoms with Gasteiger partial charge in [0.15, 0.2) is 6.10 Å². The van der Waals surface area contributed by atoms with Crippen molar-refractivity contribution >= 4 is 29.1 Å². The normalized spacial score (nSPS) is 21.3. The Morgan fingerprint density at radius 3 is 2.63 bits per heavy atom. The van der Waals surface area contributed by atoms with Crippen LogP contribution in [0.2, 0.25) is 10.0 Å². The number of amides is 1. The maximum Gasteiger partial charge on any atom is 0.256 e. The predicted molar refractivity (Wildman–Crippen MR) is 73.4 cm³/mol. The van der Waals surface area contributed by atoms with Crippen molar-refractivity contribution in [1.82, 2.24) is 4.90 Å². The van der Waals surface area contributed by atoms with E-state index in [1.54, 1.807) is 23.1 Å². The summed E-state index contributed by atoms with van der Waals surface area (Å²) in [6, 6.07) is 4.64. The van der Waals surface area contributed by atoms with Crippen molar-refractivity contribution in [2.75, 3.05) is 19.7 Å². The fraction of sp³-hybridized carbons (Fsp3) is 0.462. The van der Waals surface area contributed by atoms with Crippen LogP contribution in [0.4, 0.5) is 0 Å². The Morgan fingerprint density at radius 1 is 1.42 bits per heavy atom. The SMILES string of the molecule is CC1CN(C(=O)C(O)c2cc(Cl)cc(Cl)c2)CCO1. The highest BCUT2D eigenvalue weighted by atomic mass is 35.5. The van der Waals surface area contributed by atoms with Crippen molar-refractivity contribution in [3.8, 4) is 0 Å². The monoisotopic (exact) mass is 303 g/mol. The van der Waals surface area contributed by atoms with Gasteiger partial charge >= 0.3 is 0 Å². The smallest absolute Gasteiger partial charge is 0.256 e. The van der Waals surface area contributed by atoms with Crippen molar-refractivity contribution in [2.24, 2.45) is 0 Å². The summed E-state index contributed by atoms with van der Waals surface area (Å²) in [6.45, 7) is 3.33. The van der Waals surface area contributed by atoms with Crippen molar-refractivity contribution < 1.29 is 14.6 Å². The van der Waals surface area contributed by atoms with E-state index in [2.05, 4.69) is 0 Å². The largest absolute Gasteiger partial charge is 0.378 e. The molecule has 1 N–H and O–H groups in total. The summed E-state index contributed by atoms with van der Waals surface area (Å²) in [5.74, 6) is -0.353. The number of carbonyl (C=O) groups is 1. The van der Waals surface area contributed by atoms with Gasteiger partial charge in [-0.2, -0.15) is 0 Å². The molecule has 19 heavy (non-hydrogen) atoms. The van der Waals surface area contributed by atoms with Gasteiger partial charge < -0.3 is 14.7 Å². The fourth-order valence-electron chi connectivity index (χ4n) is 2.07. The number of nitrogens with zero attached hydrogens (tertiary/aromatic N) is 1. The molecule has 1 amide bonds. The van der Waals surface area contributed by atoms with Gasteiger partial charge in [-0.05, 0) is 30.7 Å². The second kappa shape index (κ2) is 6.09. The number of benzene rings is 1. The van der Waals surface area contributed by atoms with E-state index in [0.29, 0.717) is 35.3 Å². The molecule has 1 aliphatic heterocycles. The van der Waals surface area contributed by atoms with Crippen LogP contribution in [0.5, 0.6) is 0 Å². The van der Waals surface area contributed by atoms with Gasteiger partial charge in [-0.3, -0.25) is 4.79 Å². The summed E-state index contributed by atoms with van der Waals surface area (Å²) >= 11 is 11.7. The van der Waals surface area contributed by atoms with E-state index < -0.39 is 6.10 Å². The lowest BCUT2D eigenvalue weighted by atomic mass is 10.1. The molecule has 104 valence electrons. The zero-order valence-corrected chi connectivity index (χ0v) is 12.0. The van der Waals surface area contributed by atoms with Crippen LogP contribution in [0.15, 0.2) is 18.2 Å². The molecule has 1 saturated heterocycles. The first-order valence-corrected chi connectivity index (χ1v) is 6.77. The molecule has 0 radical (unpaired) electrons. The van der Waals surface area contributed by atoms with Crippen molar-refractivity contribution in [1.29, 1.82) is 0 Å². The molecule has 1 fully saturated rings. The highest BCUT2D eigenvalue weighted by Gasteiger charge is 2.27.